The van der Waals surface area contributed by atoms with Gasteiger partial charge in [-0.05, 0) is 26.2 Å². The van der Waals surface area contributed by atoms with Gasteiger partial charge >= 0.3 is 0 Å². The van der Waals surface area contributed by atoms with E-state index in [0.29, 0.717) is 19.4 Å². The van der Waals surface area contributed by atoms with Gasteiger partial charge in [0.1, 0.15) is 17.2 Å². The summed E-state index contributed by atoms with van der Waals surface area (Å²) in [6.07, 6.45) is 4.83. The van der Waals surface area contributed by atoms with Crippen LogP contribution in [0.5, 0.6) is 5.75 Å². The third-order valence-corrected chi connectivity index (χ3v) is 6.55. The van der Waals surface area contributed by atoms with Crippen LogP contribution < -0.4 is 10.7 Å². The molecule has 3 aliphatic rings. The number of aromatic hydroxyl groups is 1. The highest BCUT2D eigenvalue weighted by Gasteiger charge is 2.60. The summed E-state index contributed by atoms with van der Waals surface area (Å²) in [5, 5.41) is 12.9. The van der Waals surface area contributed by atoms with E-state index < -0.39 is 58.0 Å². The molecule has 9 nitrogen and oxygen atoms in total. The van der Waals surface area contributed by atoms with Gasteiger partial charge in [0, 0.05) is 18.3 Å². The van der Waals surface area contributed by atoms with Gasteiger partial charge in [-0.15, -0.1) is 0 Å². The van der Waals surface area contributed by atoms with Gasteiger partial charge in [-0.25, -0.2) is 8.78 Å². The third kappa shape index (κ3) is 2.70. The van der Waals surface area contributed by atoms with Gasteiger partial charge in [-0.2, -0.15) is 0 Å². The topological polar surface area (TPSA) is 114 Å². The van der Waals surface area contributed by atoms with E-state index in [2.05, 4.69) is 10.3 Å². The highest BCUT2D eigenvalue weighted by molar-refractivity contribution is 5.99. The normalized spacial score (nSPS) is 26.0. The summed E-state index contributed by atoms with van der Waals surface area (Å²) in [6, 6.07) is -0.604. The van der Waals surface area contributed by atoms with Crippen molar-refractivity contribution >= 4 is 11.8 Å². The number of nitrogens with one attached hydrogen (secondary N) is 1. The molecule has 0 bridgehead atoms. The Bertz CT molecular complexity index is 1200. The molecule has 2 fully saturated rings. The number of ether oxygens (including phenoxy) is 1. The molecule has 2 aromatic rings. The fraction of sp³-hybridized carbons (Fsp3) is 0.429. The Morgan fingerprint density at radius 1 is 1.34 bits per heavy atom. The van der Waals surface area contributed by atoms with Crippen molar-refractivity contribution < 1.29 is 28.2 Å². The van der Waals surface area contributed by atoms with Crippen molar-refractivity contribution in [1.82, 2.24) is 19.8 Å². The monoisotopic (exact) mass is 446 g/mol. The van der Waals surface area contributed by atoms with Crippen molar-refractivity contribution in [2.75, 3.05) is 6.61 Å². The number of aromatic nitrogens is 2. The molecule has 1 spiro atoms. The Labute approximate surface area is 180 Å². The van der Waals surface area contributed by atoms with Crippen molar-refractivity contribution in [2.24, 2.45) is 0 Å². The lowest BCUT2D eigenvalue weighted by atomic mass is 9.98. The van der Waals surface area contributed by atoms with Gasteiger partial charge in [0.25, 0.3) is 11.8 Å². The van der Waals surface area contributed by atoms with Crippen molar-refractivity contribution in [1.29, 1.82) is 0 Å². The maximum atomic E-state index is 13.8. The quantitative estimate of drug-likeness (QED) is 0.738. The lowest BCUT2D eigenvalue weighted by Gasteiger charge is -2.45. The Kier molecular flexibility index (Phi) is 4.55. The molecule has 0 unspecified atom stereocenters. The van der Waals surface area contributed by atoms with Crippen molar-refractivity contribution in [2.45, 2.75) is 50.5 Å². The molecule has 1 saturated carbocycles. The Morgan fingerprint density at radius 3 is 2.78 bits per heavy atom. The summed E-state index contributed by atoms with van der Waals surface area (Å²) < 4.78 is 35.1. The number of nitrogens with zero attached hydrogens (tertiary/aromatic N) is 3. The van der Waals surface area contributed by atoms with Gasteiger partial charge in [0.2, 0.25) is 5.43 Å². The maximum Gasteiger partial charge on any atom is 0.277 e. The van der Waals surface area contributed by atoms with E-state index >= 15 is 0 Å². The van der Waals surface area contributed by atoms with Crippen LogP contribution in [-0.2, 0) is 11.3 Å². The maximum absolute atomic E-state index is 13.8. The van der Waals surface area contributed by atoms with E-state index in [1.165, 1.54) is 10.8 Å². The zero-order valence-corrected chi connectivity index (χ0v) is 17.1. The van der Waals surface area contributed by atoms with E-state index in [0.717, 1.165) is 18.8 Å². The van der Waals surface area contributed by atoms with Crippen LogP contribution in [0, 0.1) is 11.6 Å². The van der Waals surface area contributed by atoms with Crippen LogP contribution in [0.1, 0.15) is 58.6 Å². The van der Waals surface area contributed by atoms with E-state index in [4.69, 9.17) is 4.74 Å². The van der Waals surface area contributed by atoms with Gasteiger partial charge < -0.3 is 24.6 Å². The number of hydrogen-bond acceptors (Lipinski definition) is 6. The molecule has 3 atom stereocenters. The molecule has 2 N–H and O–H groups in total. The van der Waals surface area contributed by atoms with Crippen LogP contribution >= 0.6 is 0 Å². The van der Waals surface area contributed by atoms with Crippen molar-refractivity contribution in [3.05, 3.63) is 57.3 Å². The fourth-order valence-electron chi connectivity index (χ4n) is 5.12. The first-order chi connectivity index (χ1) is 15.3. The van der Waals surface area contributed by atoms with Gasteiger partial charge in [-0.1, -0.05) is 0 Å². The summed E-state index contributed by atoms with van der Waals surface area (Å²) >= 11 is 0. The fourth-order valence-corrected chi connectivity index (χ4v) is 5.12. The zero-order valence-electron chi connectivity index (χ0n) is 17.1. The van der Waals surface area contributed by atoms with Crippen LogP contribution in [0.3, 0.4) is 0 Å². The molecule has 11 heteroatoms. The standard InChI is InChI=1S/C21H20F2N4O5/c1-10-9-32-21-4-2-3-15(21)26-8-12(17(28)18(29)16(26)20(31)27(10)21)19(30)25-5-11-13(22)6-24-7-14(11)23/h6-8,10,15,29H,2-5,9H2,1H3,(H,25,30)/t10-,15+,21+/m1/s1. The molecule has 168 valence electrons. The largest absolute Gasteiger partial charge is 0.503 e. The molecule has 0 radical (unpaired) electrons. The number of hydrogen-bond donors (Lipinski definition) is 2. The summed E-state index contributed by atoms with van der Waals surface area (Å²) in [5.41, 5.74) is -2.95. The molecule has 4 heterocycles. The number of carbonyl (C=O) groups excluding carboxylic acids is 2. The molecule has 2 aromatic heterocycles. The summed E-state index contributed by atoms with van der Waals surface area (Å²) in [7, 11) is 0. The van der Waals surface area contributed by atoms with Crippen LogP contribution in [0.15, 0.2) is 23.4 Å². The molecular formula is C21H20F2N4O5. The van der Waals surface area contributed by atoms with E-state index in [-0.39, 0.29) is 17.8 Å². The summed E-state index contributed by atoms with van der Waals surface area (Å²) in [4.78, 5) is 43.7. The van der Waals surface area contributed by atoms with Crippen LogP contribution in [-0.4, -0.2) is 49.7 Å². The minimum absolute atomic E-state index is 0.183. The number of halogens is 2. The molecule has 5 rings (SSSR count). The SMILES string of the molecule is C[C@@H]1CO[C@@]23CCC[C@@H]2n2cc(C(=O)NCc4c(F)cncc4F)c(=O)c(O)c2C(=O)N13. The van der Waals surface area contributed by atoms with Crippen molar-refractivity contribution in [3.8, 4) is 5.75 Å². The average Bonchev–Trinajstić information content (AvgIpc) is 3.33. The second-order valence-corrected chi connectivity index (χ2v) is 8.33. The molecule has 0 aromatic carbocycles. The van der Waals surface area contributed by atoms with Crippen LogP contribution in [0.25, 0.3) is 0 Å². The van der Waals surface area contributed by atoms with E-state index in [9.17, 15) is 28.3 Å². The predicted octanol–water partition coefficient (Wildman–Crippen LogP) is 1.45. The first kappa shape index (κ1) is 20.6. The third-order valence-electron chi connectivity index (χ3n) is 6.55. The highest BCUT2D eigenvalue weighted by Crippen LogP contribution is 2.52. The van der Waals surface area contributed by atoms with Crippen molar-refractivity contribution in [3.63, 3.8) is 0 Å². The molecule has 1 saturated heterocycles. The number of fused-ring (bicyclic) bond motifs is 2. The van der Waals surface area contributed by atoms with E-state index in [1.54, 1.807) is 4.90 Å². The summed E-state index contributed by atoms with van der Waals surface area (Å²) in [5.74, 6) is -4.18. The minimum Gasteiger partial charge on any atom is -0.503 e. The Hall–Kier alpha value is -3.34. The average molecular weight is 446 g/mol. The number of pyridine rings is 2. The molecular weight excluding hydrogens is 426 g/mol. The highest BCUT2D eigenvalue weighted by atomic mass is 19.1. The minimum atomic E-state index is -1.03. The summed E-state index contributed by atoms with van der Waals surface area (Å²) in [6.45, 7) is 1.64. The first-order valence-electron chi connectivity index (χ1n) is 10.3. The number of rotatable bonds is 3. The van der Waals surface area contributed by atoms with E-state index in [1.807, 2.05) is 6.92 Å². The second-order valence-electron chi connectivity index (χ2n) is 8.33. The lowest BCUT2D eigenvalue weighted by Crippen LogP contribution is -2.58. The lowest BCUT2D eigenvalue weighted by molar-refractivity contribution is -0.101. The zero-order chi connectivity index (χ0) is 22.8. The van der Waals surface area contributed by atoms with Gasteiger partial charge in [0.05, 0.1) is 31.1 Å². The van der Waals surface area contributed by atoms with Crippen LogP contribution in [0.4, 0.5) is 8.78 Å². The number of amides is 2. The predicted molar refractivity (Wildman–Crippen MR) is 105 cm³/mol. The second kappa shape index (κ2) is 7.09. The molecule has 2 amide bonds. The van der Waals surface area contributed by atoms with Gasteiger partial charge in [0.15, 0.2) is 17.2 Å². The Balaban J connectivity index is 1.54. The van der Waals surface area contributed by atoms with Gasteiger partial charge in [-0.3, -0.25) is 19.4 Å². The molecule has 32 heavy (non-hydrogen) atoms. The van der Waals surface area contributed by atoms with Crippen LogP contribution in [0.2, 0.25) is 0 Å². The molecule has 2 aliphatic heterocycles. The first-order valence-corrected chi connectivity index (χ1v) is 10.3. The number of carbonyl (C=O) groups is 2. The Morgan fingerprint density at radius 2 is 2.06 bits per heavy atom. The molecule has 1 aliphatic carbocycles. The smallest absolute Gasteiger partial charge is 0.277 e.